The number of halogens is 1. The summed E-state index contributed by atoms with van der Waals surface area (Å²) < 4.78 is 12.2. The molecular formula is C26H25ClN4O3. The van der Waals surface area contributed by atoms with Crippen LogP contribution < -0.4 is 10.1 Å². The van der Waals surface area contributed by atoms with Crippen LogP contribution in [-0.4, -0.2) is 41.0 Å². The van der Waals surface area contributed by atoms with E-state index in [0.717, 1.165) is 16.7 Å². The predicted octanol–water partition coefficient (Wildman–Crippen LogP) is 4.60. The van der Waals surface area contributed by atoms with E-state index in [4.69, 9.17) is 26.2 Å². The summed E-state index contributed by atoms with van der Waals surface area (Å²) in [5.41, 5.74) is 3.87. The van der Waals surface area contributed by atoms with Gasteiger partial charge in [-0.3, -0.25) is 9.48 Å². The van der Waals surface area contributed by atoms with Crippen molar-refractivity contribution < 1.29 is 14.3 Å². The van der Waals surface area contributed by atoms with Crippen molar-refractivity contribution in [2.24, 2.45) is 0 Å². The molecule has 4 aromatic rings. The Labute approximate surface area is 203 Å². The molecule has 0 atom stereocenters. The molecule has 0 spiro atoms. The molecule has 0 radical (unpaired) electrons. The number of rotatable bonds is 10. The van der Waals surface area contributed by atoms with Crippen LogP contribution in [0.15, 0.2) is 79.1 Å². The molecule has 174 valence electrons. The maximum absolute atomic E-state index is 13.1. The maximum Gasteiger partial charge on any atom is 0.255 e. The number of amides is 1. The van der Waals surface area contributed by atoms with Gasteiger partial charge in [-0.05, 0) is 23.3 Å². The van der Waals surface area contributed by atoms with Gasteiger partial charge in [0, 0.05) is 42.7 Å². The van der Waals surface area contributed by atoms with E-state index in [0.29, 0.717) is 48.5 Å². The first-order chi connectivity index (χ1) is 16.6. The zero-order valence-corrected chi connectivity index (χ0v) is 19.5. The van der Waals surface area contributed by atoms with Crippen LogP contribution in [0.5, 0.6) is 5.88 Å². The van der Waals surface area contributed by atoms with Crippen LogP contribution in [0.25, 0.3) is 11.3 Å². The maximum atomic E-state index is 13.1. The third kappa shape index (κ3) is 6.21. The van der Waals surface area contributed by atoms with Crippen molar-refractivity contribution >= 4 is 17.5 Å². The standard InChI is InChI=1S/C26H25ClN4O3/c1-33-13-14-34-24-12-7-20(15-28-24)16-29-26(32)23-18-31(17-19-5-3-2-4-6-19)30-25(23)21-8-10-22(27)11-9-21/h2-12,15,18H,13-14,16-17H2,1H3,(H,29,32). The number of benzene rings is 2. The zero-order valence-electron chi connectivity index (χ0n) is 18.8. The summed E-state index contributed by atoms with van der Waals surface area (Å²) in [6.45, 7) is 1.81. The van der Waals surface area contributed by atoms with Crippen LogP contribution in [-0.2, 0) is 17.8 Å². The first-order valence-electron chi connectivity index (χ1n) is 10.8. The smallest absolute Gasteiger partial charge is 0.255 e. The molecule has 8 heteroatoms. The molecule has 7 nitrogen and oxygen atoms in total. The SMILES string of the molecule is COCCOc1ccc(CNC(=O)c2cn(Cc3ccccc3)nc2-c2ccc(Cl)cc2)cn1. The summed E-state index contributed by atoms with van der Waals surface area (Å²) in [5, 5.41) is 8.29. The number of hydrogen-bond donors (Lipinski definition) is 1. The molecule has 0 aliphatic rings. The van der Waals surface area contributed by atoms with Gasteiger partial charge in [0.15, 0.2) is 0 Å². The quantitative estimate of drug-likeness (QED) is 0.338. The van der Waals surface area contributed by atoms with Crippen molar-refractivity contribution in [3.8, 4) is 17.1 Å². The summed E-state index contributed by atoms with van der Waals surface area (Å²) in [7, 11) is 1.62. The van der Waals surface area contributed by atoms with Gasteiger partial charge in [-0.25, -0.2) is 4.98 Å². The Bertz CT molecular complexity index is 1210. The van der Waals surface area contributed by atoms with E-state index < -0.39 is 0 Å². The molecule has 0 saturated heterocycles. The summed E-state index contributed by atoms with van der Waals surface area (Å²) >= 11 is 6.05. The lowest BCUT2D eigenvalue weighted by Gasteiger charge is -2.07. The number of pyridine rings is 1. The summed E-state index contributed by atoms with van der Waals surface area (Å²) in [6, 6.07) is 20.9. The molecule has 4 rings (SSSR count). The molecule has 2 aromatic heterocycles. The van der Waals surface area contributed by atoms with Crippen molar-refractivity contribution in [2.45, 2.75) is 13.1 Å². The van der Waals surface area contributed by atoms with Crippen LogP contribution in [0.3, 0.4) is 0 Å². The molecule has 0 unspecified atom stereocenters. The summed E-state index contributed by atoms with van der Waals surface area (Å²) in [5.74, 6) is 0.295. The highest BCUT2D eigenvalue weighted by molar-refractivity contribution is 6.30. The Hall–Kier alpha value is -3.68. The Morgan fingerprint density at radius 2 is 1.79 bits per heavy atom. The van der Waals surface area contributed by atoms with Gasteiger partial charge in [-0.15, -0.1) is 0 Å². The first kappa shape index (κ1) is 23.5. The van der Waals surface area contributed by atoms with E-state index in [1.54, 1.807) is 42.4 Å². The van der Waals surface area contributed by atoms with Gasteiger partial charge in [0.05, 0.1) is 18.7 Å². The van der Waals surface area contributed by atoms with Crippen LogP contribution in [0.4, 0.5) is 0 Å². The monoisotopic (exact) mass is 476 g/mol. The van der Waals surface area contributed by atoms with Crippen molar-refractivity contribution in [2.75, 3.05) is 20.3 Å². The molecule has 2 heterocycles. The molecule has 0 aliphatic heterocycles. The van der Waals surface area contributed by atoms with Crippen LogP contribution in [0.1, 0.15) is 21.5 Å². The van der Waals surface area contributed by atoms with E-state index in [2.05, 4.69) is 10.3 Å². The van der Waals surface area contributed by atoms with Crippen LogP contribution >= 0.6 is 11.6 Å². The largest absolute Gasteiger partial charge is 0.475 e. The van der Waals surface area contributed by atoms with Crippen LogP contribution in [0.2, 0.25) is 5.02 Å². The third-order valence-corrected chi connectivity index (χ3v) is 5.35. The average Bonchev–Trinajstić information content (AvgIpc) is 3.28. The topological polar surface area (TPSA) is 78.3 Å². The van der Waals surface area contributed by atoms with Gasteiger partial charge < -0.3 is 14.8 Å². The van der Waals surface area contributed by atoms with Crippen LogP contribution in [0, 0.1) is 0 Å². The molecule has 0 saturated carbocycles. The lowest BCUT2D eigenvalue weighted by atomic mass is 10.1. The number of nitrogens with one attached hydrogen (secondary N) is 1. The molecule has 0 aliphatic carbocycles. The van der Waals surface area contributed by atoms with Crippen molar-refractivity contribution in [3.63, 3.8) is 0 Å². The summed E-state index contributed by atoms with van der Waals surface area (Å²) in [6.07, 6.45) is 3.46. The fraction of sp³-hybridized carbons (Fsp3) is 0.192. The number of methoxy groups -OCH3 is 1. The molecule has 1 N–H and O–H groups in total. The van der Waals surface area contributed by atoms with Gasteiger partial charge in [0.25, 0.3) is 5.91 Å². The number of ether oxygens (including phenoxy) is 2. The van der Waals surface area contributed by atoms with E-state index in [-0.39, 0.29) is 5.91 Å². The fourth-order valence-electron chi connectivity index (χ4n) is 3.37. The minimum atomic E-state index is -0.218. The van der Waals surface area contributed by atoms with Crippen molar-refractivity contribution in [1.82, 2.24) is 20.1 Å². The van der Waals surface area contributed by atoms with E-state index >= 15 is 0 Å². The highest BCUT2D eigenvalue weighted by Gasteiger charge is 2.18. The third-order valence-electron chi connectivity index (χ3n) is 5.10. The number of carbonyl (C=O) groups excluding carboxylic acids is 1. The van der Waals surface area contributed by atoms with Gasteiger partial charge in [-0.1, -0.05) is 60.1 Å². The highest BCUT2D eigenvalue weighted by Crippen LogP contribution is 2.24. The van der Waals surface area contributed by atoms with Crippen molar-refractivity contribution in [3.05, 3.63) is 101 Å². The second kappa shape index (κ2) is 11.4. The minimum absolute atomic E-state index is 0.218. The van der Waals surface area contributed by atoms with Gasteiger partial charge in [0.1, 0.15) is 12.3 Å². The van der Waals surface area contributed by atoms with Gasteiger partial charge >= 0.3 is 0 Å². The fourth-order valence-corrected chi connectivity index (χ4v) is 3.49. The normalized spacial score (nSPS) is 10.8. The highest BCUT2D eigenvalue weighted by atomic mass is 35.5. The Kier molecular flexibility index (Phi) is 7.91. The number of nitrogens with zero attached hydrogens (tertiary/aromatic N) is 3. The molecule has 0 bridgehead atoms. The van der Waals surface area contributed by atoms with Crippen molar-refractivity contribution in [1.29, 1.82) is 0 Å². The number of hydrogen-bond acceptors (Lipinski definition) is 5. The Morgan fingerprint density at radius 1 is 1.00 bits per heavy atom. The molecule has 34 heavy (non-hydrogen) atoms. The minimum Gasteiger partial charge on any atom is -0.475 e. The average molecular weight is 477 g/mol. The van der Waals surface area contributed by atoms with Gasteiger partial charge in [-0.2, -0.15) is 5.10 Å². The first-order valence-corrected chi connectivity index (χ1v) is 11.2. The molecule has 2 aromatic carbocycles. The van der Waals surface area contributed by atoms with E-state index in [1.165, 1.54) is 0 Å². The second-order valence-corrected chi connectivity index (χ2v) is 8.05. The number of aromatic nitrogens is 3. The lowest BCUT2D eigenvalue weighted by molar-refractivity contribution is 0.0951. The zero-order chi connectivity index (χ0) is 23.8. The predicted molar refractivity (Wildman–Crippen MR) is 131 cm³/mol. The lowest BCUT2D eigenvalue weighted by Crippen LogP contribution is -2.23. The second-order valence-electron chi connectivity index (χ2n) is 7.61. The van der Waals surface area contributed by atoms with Gasteiger partial charge in [0.2, 0.25) is 5.88 Å². The molecule has 1 amide bonds. The Balaban J connectivity index is 1.49. The van der Waals surface area contributed by atoms with E-state index in [9.17, 15) is 4.79 Å². The summed E-state index contributed by atoms with van der Waals surface area (Å²) in [4.78, 5) is 17.4. The number of carbonyl (C=O) groups is 1. The molecular weight excluding hydrogens is 452 g/mol. The Morgan fingerprint density at radius 3 is 2.50 bits per heavy atom. The van der Waals surface area contributed by atoms with E-state index in [1.807, 2.05) is 48.5 Å². The molecule has 0 fully saturated rings.